The van der Waals surface area contributed by atoms with Crippen molar-refractivity contribution >= 4 is 11.5 Å². The number of ketones is 1. The Balaban J connectivity index is 1.43. The molecule has 0 saturated carbocycles. The van der Waals surface area contributed by atoms with Gasteiger partial charge in [0, 0.05) is 43.4 Å². The highest BCUT2D eigenvalue weighted by Crippen LogP contribution is 2.21. The lowest BCUT2D eigenvalue weighted by Gasteiger charge is -2.28. The van der Waals surface area contributed by atoms with Crippen molar-refractivity contribution in [1.82, 2.24) is 9.97 Å². The number of aromatic nitrogens is 2. The molecule has 0 spiro atoms. The third kappa shape index (κ3) is 5.77. The average molecular weight is 427 g/mol. The minimum absolute atomic E-state index is 0.0254. The van der Waals surface area contributed by atoms with Crippen LogP contribution >= 0.6 is 0 Å². The summed E-state index contributed by atoms with van der Waals surface area (Å²) in [4.78, 5) is 23.2. The molecule has 32 heavy (non-hydrogen) atoms. The van der Waals surface area contributed by atoms with E-state index >= 15 is 0 Å². The van der Waals surface area contributed by atoms with E-state index in [1.807, 2.05) is 30.3 Å². The lowest BCUT2D eigenvalue weighted by Crippen LogP contribution is -2.36. The fourth-order valence-corrected chi connectivity index (χ4v) is 3.82. The van der Waals surface area contributed by atoms with Gasteiger partial charge in [0.1, 0.15) is 11.6 Å². The Morgan fingerprint density at radius 1 is 1.06 bits per heavy atom. The Hall–Kier alpha value is -3.56. The number of hydrogen-bond acceptors (Lipinski definition) is 6. The number of nitriles is 1. The van der Waals surface area contributed by atoms with Gasteiger partial charge in [-0.25, -0.2) is 9.97 Å². The number of aryl methyl sites for hydroxylation is 1. The van der Waals surface area contributed by atoms with Gasteiger partial charge in [-0.3, -0.25) is 4.79 Å². The van der Waals surface area contributed by atoms with E-state index in [4.69, 9.17) is 15.0 Å². The van der Waals surface area contributed by atoms with E-state index in [1.54, 1.807) is 6.20 Å². The van der Waals surface area contributed by atoms with Crippen molar-refractivity contribution < 1.29 is 9.53 Å². The van der Waals surface area contributed by atoms with Gasteiger partial charge in [-0.1, -0.05) is 30.3 Å². The van der Waals surface area contributed by atoms with E-state index in [9.17, 15) is 4.79 Å². The zero-order valence-corrected chi connectivity index (χ0v) is 18.0. The van der Waals surface area contributed by atoms with Crippen molar-refractivity contribution in [1.29, 1.82) is 5.26 Å². The van der Waals surface area contributed by atoms with E-state index in [0.717, 1.165) is 48.9 Å². The molecule has 3 aromatic rings. The van der Waals surface area contributed by atoms with Crippen molar-refractivity contribution in [3.8, 4) is 17.3 Å². The third-order valence-electron chi connectivity index (χ3n) is 5.57. The zero-order chi connectivity index (χ0) is 22.2. The van der Waals surface area contributed by atoms with Gasteiger partial charge in [-0.15, -0.1) is 0 Å². The SMILES string of the molecule is N#CCC(=O)CCc1cccc(-c2ccnc(Cc3ccc(N4CCOCC4)cc3)n2)c1. The monoisotopic (exact) mass is 426 g/mol. The fourth-order valence-electron chi connectivity index (χ4n) is 3.82. The van der Waals surface area contributed by atoms with Crippen LogP contribution in [0.5, 0.6) is 0 Å². The zero-order valence-electron chi connectivity index (χ0n) is 18.0. The Morgan fingerprint density at radius 3 is 2.66 bits per heavy atom. The normalized spacial score (nSPS) is 13.5. The van der Waals surface area contributed by atoms with Crippen LogP contribution < -0.4 is 4.90 Å². The molecule has 0 amide bonds. The molecule has 1 aromatic heterocycles. The largest absolute Gasteiger partial charge is 0.378 e. The molecule has 1 aliphatic rings. The van der Waals surface area contributed by atoms with Crippen molar-refractivity contribution in [2.24, 2.45) is 0 Å². The van der Waals surface area contributed by atoms with Crippen molar-refractivity contribution in [3.05, 3.63) is 77.7 Å². The summed E-state index contributed by atoms with van der Waals surface area (Å²) in [6, 6.07) is 20.5. The van der Waals surface area contributed by atoms with Gasteiger partial charge in [0.25, 0.3) is 0 Å². The molecule has 2 heterocycles. The van der Waals surface area contributed by atoms with Gasteiger partial charge < -0.3 is 9.64 Å². The highest BCUT2D eigenvalue weighted by atomic mass is 16.5. The smallest absolute Gasteiger partial charge is 0.147 e. The number of benzene rings is 2. The number of Topliss-reactive ketones (excluding diaryl/α,β-unsaturated/α-hetero) is 1. The summed E-state index contributed by atoms with van der Waals surface area (Å²) in [5.74, 6) is 0.748. The molecule has 6 nitrogen and oxygen atoms in total. The molecule has 162 valence electrons. The number of ether oxygens (including phenoxy) is 1. The van der Waals surface area contributed by atoms with Crippen LogP contribution in [0.1, 0.15) is 29.8 Å². The predicted octanol–water partition coefficient (Wildman–Crippen LogP) is 3.99. The Labute approximate surface area is 188 Å². The van der Waals surface area contributed by atoms with Gasteiger partial charge >= 0.3 is 0 Å². The van der Waals surface area contributed by atoms with Crippen molar-refractivity contribution in [2.45, 2.75) is 25.7 Å². The van der Waals surface area contributed by atoms with Crippen LogP contribution in [0.15, 0.2) is 60.8 Å². The van der Waals surface area contributed by atoms with E-state index in [0.29, 0.717) is 19.3 Å². The number of anilines is 1. The van der Waals surface area contributed by atoms with Crippen molar-refractivity contribution in [2.75, 3.05) is 31.2 Å². The maximum atomic E-state index is 11.6. The lowest BCUT2D eigenvalue weighted by atomic mass is 10.0. The molecule has 1 fully saturated rings. The van der Waals surface area contributed by atoms with Crippen LogP contribution in [0.4, 0.5) is 5.69 Å². The lowest BCUT2D eigenvalue weighted by molar-refractivity contribution is -0.118. The molecule has 0 atom stereocenters. The second kappa shape index (κ2) is 10.7. The minimum atomic E-state index is -0.0261. The van der Waals surface area contributed by atoms with Crippen LogP contribution in [-0.4, -0.2) is 42.1 Å². The summed E-state index contributed by atoms with van der Waals surface area (Å²) in [6.45, 7) is 3.41. The average Bonchev–Trinajstić information content (AvgIpc) is 2.84. The van der Waals surface area contributed by atoms with Gasteiger partial charge in [-0.2, -0.15) is 5.26 Å². The summed E-state index contributed by atoms with van der Waals surface area (Å²) in [5, 5.41) is 8.64. The number of rotatable bonds is 8. The predicted molar refractivity (Wildman–Crippen MR) is 123 cm³/mol. The fraction of sp³-hybridized carbons (Fsp3) is 0.308. The van der Waals surface area contributed by atoms with Crippen LogP contribution in [0.3, 0.4) is 0 Å². The summed E-state index contributed by atoms with van der Waals surface area (Å²) in [6.07, 6.45) is 3.44. The topological polar surface area (TPSA) is 79.1 Å². The number of carbonyl (C=O) groups excluding carboxylic acids is 1. The molecule has 0 radical (unpaired) electrons. The maximum absolute atomic E-state index is 11.6. The minimum Gasteiger partial charge on any atom is -0.378 e. The highest BCUT2D eigenvalue weighted by Gasteiger charge is 2.11. The summed E-state index contributed by atoms with van der Waals surface area (Å²) < 4.78 is 5.43. The number of nitrogens with zero attached hydrogens (tertiary/aromatic N) is 4. The number of hydrogen-bond donors (Lipinski definition) is 0. The van der Waals surface area contributed by atoms with Crippen LogP contribution in [0.25, 0.3) is 11.3 Å². The maximum Gasteiger partial charge on any atom is 0.147 e. The first-order valence-electron chi connectivity index (χ1n) is 10.9. The molecule has 0 N–H and O–H groups in total. The second-order valence-corrected chi connectivity index (χ2v) is 7.87. The van der Waals surface area contributed by atoms with Crippen LogP contribution in [0, 0.1) is 11.3 Å². The standard InChI is InChI=1S/C26H26N4O2/c27-12-10-24(31)9-6-20-2-1-3-22(18-20)25-11-13-28-26(29-25)19-21-4-7-23(8-5-21)30-14-16-32-17-15-30/h1-5,7-8,11,13,18H,6,9-10,14-17,19H2. The molecule has 6 heteroatoms. The van der Waals surface area contributed by atoms with E-state index < -0.39 is 0 Å². The molecule has 1 saturated heterocycles. The Bertz CT molecular complexity index is 1100. The number of carbonyl (C=O) groups is 1. The van der Waals surface area contributed by atoms with E-state index in [1.165, 1.54) is 11.3 Å². The first-order valence-corrected chi connectivity index (χ1v) is 10.9. The van der Waals surface area contributed by atoms with Gasteiger partial charge in [-0.05, 0) is 41.8 Å². The van der Waals surface area contributed by atoms with E-state index in [-0.39, 0.29) is 12.2 Å². The van der Waals surface area contributed by atoms with Gasteiger partial charge in [0.05, 0.1) is 31.4 Å². The summed E-state index contributed by atoms with van der Waals surface area (Å²) >= 11 is 0. The molecule has 0 unspecified atom stereocenters. The molecule has 0 aliphatic carbocycles. The number of morpholine rings is 1. The molecule has 0 bridgehead atoms. The first-order chi connectivity index (χ1) is 15.7. The second-order valence-electron chi connectivity index (χ2n) is 7.87. The summed E-state index contributed by atoms with van der Waals surface area (Å²) in [7, 11) is 0. The third-order valence-corrected chi connectivity index (χ3v) is 5.57. The molecular weight excluding hydrogens is 400 g/mol. The molecular formula is C26H26N4O2. The van der Waals surface area contributed by atoms with Crippen LogP contribution in [-0.2, 0) is 22.4 Å². The molecule has 4 rings (SSSR count). The first kappa shape index (κ1) is 21.7. The molecule has 1 aliphatic heterocycles. The van der Waals surface area contributed by atoms with Gasteiger partial charge in [0.2, 0.25) is 0 Å². The quantitative estimate of drug-likeness (QED) is 0.542. The molecule has 2 aromatic carbocycles. The van der Waals surface area contributed by atoms with Gasteiger partial charge in [0.15, 0.2) is 0 Å². The van der Waals surface area contributed by atoms with Crippen molar-refractivity contribution in [3.63, 3.8) is 0 Å². The summed E-state index contributed by atoms with van der Waals surface area (Å²) in [5.41, 5.74) is 5.32. The highest BCUT2D eigenvalue weighted by molar-refractivity contribution is 5.80. The van der Waals surface area contributed by atoms with Crippen LogP contribution in [0.2, 0.25) is 0 Å². The van der Waals surface area contributed by atoms with E-state index in [2.05, 4.69) is 40.2 Å². The Kier molecular flexibility index (Phi) is 7.21. The Morgan fingerprint density at radius 2 is 1.88 bits per heavy atom.